The van der Waals surface area contributed by atoms with E-state index >= 15 is 0 Å². The topological polar surface area (TPSA) is 148 Å². The molecule has 0 spiro atoms. The fourth-order valence-electron chi connectivity index (χ4n) is 0.931. The maximum absolute atomic E-state index is 10.3. The molecule has 2 rings (SSSR count). The van der Waals surface area contributed by atoms with Crippen LogP contribution in [0, 0.1) is 20.2 Å². The Morgan fingerprint density at radius 2 is 1.41 bits per heavy atom. The highest BCUT2D eigenvalue weighted by molar-refractivity contribution is 6.30. The van der Waals surface area contributed by atoms with Gasteiger partial charge in [0.25, 0.3) is 0 Å². The first kappa shape index (κ1) is 10.7. The number of nitro groups is 2. The smallest absolute Gasteiger partial charge is 0.394 e. The quantitative estimate of drug-likeness (QED) is 0.358. The molecule has 0 saturated heterocycles. The molecule has 0 aliphatic heterocycles. The summed E-state index contributed by atoms with van der Waals surface area (Å²) in [7, 11) is 1.14. The SMILES string of the molecule is O=[N+]([O-])c1ncn([B-]n2cnc([N+](=O)[O-])n2)n1. The van der Waals surface area contributed by atoms with Crippen LogP contribution in [0.4, 0.5) is 11.9 Å². The van der Waals surface area contributed by atoms with Gasteiger partial charge in [0.2, 0.25) is 0 Å². The third kappa shape index (κ3) is 2.22. The lowest BCUT2D eigenvalue weighted by molar-refractivity contribution is -0.394. The molecule has 2 aromatic heterocycles. The Kier molecular flexibility index (Phi) is 2.48. The van der Waals surface area contributed by atoms with E-state index in [-0.39, 0.29) is 0 Å². The Morgan fingerprint density at radius 1 is 1.00 bits per heavy atom. The Hall–Kier alpha value is -2.86. The van der Waals surface area contributed by atoms with Crippen molar-refractivity contribution >= 4 is 19.4 Å². The van der Waals surface area contributed by atoms with E-state index in [1.165, 1.54) is 0 Å². The summed E-state index contributed by atoms with van der Waals surface area (Å²) in [5, 5.41) is 27.5. The molecule has 0 saturated carbocycles. The minimum absolute atomic E-state index is 0.587. The zero-order chi connectivity index (χ0) is 12.4. The van der Waals surface area contributed by atoms with E-state index in [0.717, 1.165) is 29.4 Å². The van der Waals surface area contributed by atoms with Gasteiger partial charge in [0, 0.05) is 7.55 Å². The van der Waals surface area contributed by atoms with Crippen molar-refractivity contribution in [3.8, 4) is 0 Å². The van der Waals surface area contributed by atoms with Crippen molar-refractivity contribution in [3.05, 3.63) is 32.9 Å². The highest BCUT2D eigenvalue weighted by Gasteiger charge is 2.11. The van der Waals surface area contributed by atoms with Crippen molar-refractivity contribution in [2.45, 2.75) is 0 Å². The summed E-state index contributed by atoms with van der Waals surface area (Å²) >= 11 is 0. The molecule has 2 radical (unpaired) electrons. The summed E-state index contributed by atoms with van der Waals surface area (Å²) in [6.45, 7) is 0. The molecule has 0 aliphatic carbocycles. The minimum Gasteiger partial charge on any atom is -0.394 e. The number of rotatable bonds is 4. The van der Waals surface area contributed by atoms with Gasteiger partial charge in [-0.3, -0.25) is 0 Å². The fraction of sp³-hybridized carbons (Fsp3) is 0. The molecule has 86 valence electrons. The predicted molar refractivity (Wildman–Crippen MR) is 49.9 cm³/mol. The molecular formula is C4H2BN8O4-. The Morgan fingerprint density at radius 3 is 1.71 bits per heavy atom. The van der Waals surface area contributed by atoms with Crippen molar-refractivity contribution in [2.24, 2.45) is 0 Å². The fourth-order valence-corrected chi connectivity index (χ4v) is 0.931. The number of hydrogen-bond donors (Lipinski definition) is 0. The Balaban J connectivity index is 2.13. The predicted octanol–water partition coefficient (Wildman–Crippen LogP) is -1.38. The van der Waals surface area contributed by atoms with E-state index in [2.05, 4.69) is 20.2 Å². The van der Waals surface area contributed by atoms with E-state index in [0.29, 0.717) is 0 Å². The van der Waals surface area contributed by atoms with Crippen LogP contribution in [0.25, 0.3) is 0 Å². The van der Waals surface area contributed by atoms with Gasteiger partial charge in [-0.1, -0.05) is 9.97 Å². The molecule has 0 unspecified atom stereocenters. The molecule has 17 heavy (non-hydrogen) atoms. The summed E-state index contributed by atoms with van der Waals surface area (Å²) in [4.78, 5) is 25.8. The summed E-state index contributed by atoms with van der Waals surface area (Å²) in [6.07, 6.45) is 2.12. The lowest BCUT2D eigenvalue weighted by atomic mass is 10.2. The molecule has 0 amide bonds. The Bertz CT molecular complexity index is 525. The average Bonchev–Trinajstić information content (AvgIpc) is 2.87. The van der Waals surface area contributed by atoms with Gasteiger partial charge in [0.05, 0.1) is 0 Å². The molecule has 12 nitrogen and oxygen atoms in total. The monoisotopic (exact) mass is 237 g/mol. The molecule has 2 aromatic rings. The van der Waals surface area contributed by atoms with E-state index in [1.54, 1.807) is 0 Å². The van der Waals surface area contributed by atoms with Crippen LogP contribution in [-0.4, -0.2) is 46.7 Å². The van der Waals surface area contributed by atoms with Crippen LogP contribution in [0.5, 0.6) is 0 Å². The first-order valence-corrected chi connectivity index (χ1v) is 4.02. The van der Waals surface area contributed by atoms with Crippen LogP contribution < -0.4 is 0 Å². The van der Waals surface area contributed by atoms with E-state index in [9.17, 15) is 20.2 Å². The summed E-state index contributed by atoms with van der Waals surface area (Å²) in [5.41, 5.74) is 0. The molecule has 0 aromatic carbocycles. The first-order valence-electron chi connectivity index (χ1n) is 4.02. The second-order valence-corrected chi connectivity index (χ2v) is 2.68. The third-order valence-electron chi connectivity index (χ3n) is 1.56. The van der Waals surface area contributed by atoms with Crippen molar-refractivity contribution in [2.75, 3.05) is 0 Å². The molecular weight excluding hydrogens is 235 g/mol. The van der Waals surface area contributed by atoms with Crippen molar-refractivity contribution in [1.82, 2.24) is 29.4 Å². The van der Waals surface area contributed by atoms with Gasteiger partial charge >= 0.3 is 11.9 Å². The lowest BCUT2D eigenvalue weighted by Gasteiger charge is -2.06. The molecule has 0 bridgehead atoms. The van der Waals surface area contributed by atoms with Crippen LogP contribution in [0.3, 0.4) is 0 Å². The zero-order valence-corrected chi connectivity index (χ0v) is 7.94. The highest BCUT2D eigenvalue weighted by atomic mass is 16.6. The van der Waals surface area contributed by atoms with Gasteiger partial charge in [0.15, 0.2) is 12.7 Å². The van der Waals surface area contributed by atoms with Gasteiger partial charge in [-0.2, -0.15) is 0 Å². The Labute approximate surface area is 92.5 Å². The van der Waals surface area contributed by atoms with Crippen LogP contribution in [-0.2, 0) is 0 Å². The van der Waals surface area contributed by atoms with Crippen molar-refractivity contribution in [1.29, 1.82) is 0 Å². The summed E-state index contributed by atoms with van der Waals surface area (Å²) in [5.74, 6) is -1.17. The van der Waals surface area contributed by atoms with E-state index in [4.69, 9.17) is 0 Å². The number of hydrogen-bond acceptors (Lipinski definition) is 8. The van der Waals surface area contributed by atoms with Gasteiger partial charge in [0.1, 0.15) is 0 Å². The summed E-state index contributed by atoms with van der Waals surface area (Å²) < 4.78 is 1.97. The number of aromatic nitrogens is 6. The zero-order valence-electron chi connectivity index (χ0n) is 7.94. The second-order valence-electron chi connectivity index (χ2n) is 2.68. The highest BCUT2D eigenvalue weighted by Crippen LogP contribution is 2.00. The molecule has 0 aliphatic rings. The maximum Gasteiger partial charge on any atom is 0.486 e. The molecule has 2 heterocycles. The standard InChI is InChI=1S/C4H2BN8O4/c14-12(15)3-6-1-10(8-3)5-11-2-7-4(9-11)13(16)17/h1-2H/q-1. The number of nitrogens with zero attached hydrogens (tertiary/aromatic N) is 8. The second kappa shape index (κ2) is 3.95. The van der Waals surface area contributed by atoms with E-state index < -0.39 is 21.7 Å². The molecule has 0 fully saturated rings. The van der Waals surface area contributed by atoms with Crippen LogP contribution >= 0.6 is 0 Å². The van der Waals surface area contributed by atoms with Crippen LogP contribution in [0.1, 0.15) is 0 Å². The molecule has 0 N–H and O–H groups in total. The maximum atomic E-state index is 10.3. The minimum atomic E-state index is -0.770. The lowest BCUT2D eigenvalue weighted by Crippen LogP contribution is -2.18. The largest absolute Gasteiger partial charge is 0.486 e. The molecule has 0 atom stereocenters. The van der Waals surface area contributed by atoms with E-state index in [1.807, 2.05) is 0 Å². The first-order chi connectivity index (χ1) is 8.06. The van der Waals surface area contributed by atoms with Gasteiger partial charge in [-0.05, 0) is 20.0 Å². The van der Waals surface area contributed by atoms with Crippen LogP contribution in [0.2, 0.25) is 0 Å². The normalized spacial score (nSPS) is 10.4. The van der Waals surface area contributed by atoms with Gasteiger partial charge in [-0.15, -0.1) is 0 Å². The summed E-state index contributed by atoms with van der Waals surface area (Å²) in [6, 6.07) is 0. The van der Waals surface area contributed by atoms with Gasteiger partial charge in [-0.25, -0.2) is 0 Å². The average molecular weight is 237 g/mol. The van der Waals surface area contributed by atoms with Crippen LogP contribution in [0.15, 0.2) is 12.7 Å². The van der Waals surface area contributed by atoms with Crippen molar-refractivity contribution in [3.63, 3.8) is 0 Å². The third-order valence-corrected chi connectivity index (χ3v) is 1.56. The molecule has 13 heteroatoms. The van der Waals surface area contributed by atoms with Gasteiger partial charge < -0.3 is 29.4 Å². The van der Waals surface area contributed by atoms with Crippen molar-refractivity contribution < 1.29 is 9.85 Å².